The molecule has 3 unspecified atom stereocenters. The standard InChI is InChI=1S/C14H14BrClFNO3/c1-6-2-8(9(3-6)14(20)21)13(19)18-12-10(15)4-7(17)5-11(12)16/h4-6,8-9H,2-3H2,1H3,(H,18,19)(H,20,21). The summed E-state index contributed by atoms with van der Waals surface area (Å²) in [6.07, 6.45) is 0.991. The van der Waals surface area contributed by atoms with Crippen molar-refractivity contribution in [2.24, 2.45) is 17.8 Å². The molecule has 0 aromatic heterocycles. The first-order chi connectivity index (χ1) is 9.79. The van der Waals surface area contributed by atoms with Gasteiger partial charge in [0.15, 0.2) is 0 Å². The van der Waals surface area contributed by atoms with Crippen molar-refractivity contribution in [3.8, 4) is 0 Å². The van der Waals surface area contributed by atoms with Crippen LogP contribution in [0.1, 0.15) is 19.8 Å². The lowest BCUT2D eigenvalue weighted by molar-refractivity contribution is -0.145. The van der Waals surface area contributed by atoms with E-state index < -0.39 is 29.5 Å². The minimum atomic E-state index is -0.969. The largest absolute Gasteiger partial charge is 0.481 e. The van der Waals surface area contributed by atoms with Crippen molar-refractivity contribution in [1.29, 1.82) is 0 Å². The lowest BCUT2D eigenvalue weighted by atomic mass is 9.95. The Hall–Kier alpha value is -1.14. The van der Waals surface area contributed by atoms with E-state index in [1.807, 2.05) is 6.92 Å². The molecule has 21 heavy (non-hydrogen) atoms. The minimum absolute atomic E-state index is 0.0631. The maximum Gasteiger partial charge on any atom is 0.307 e. The maximum absolute atomic E-state index is 13.2. The normalized spacial score (nSPS) is 24.9. The number of nitrogens with one attached hydrogen (secondary N) is 1. The van der Waals surface area contributed by atoms with Crippen LogP contribution in [0.25, 0.3) is 0 Å². The Morgan fingerprint density at radius 2 is 2.00 bits per heavy atom. The minimum Gasteiger partial charge on any atom is -0.481 e. The summed E-state index contributed by atoms with van der Waals surface area (Å²) in [6.45, 7) is 1.92. The summed E-state index contributed by atoms with van der Waals surface area (Å²) in [5.41, 5.74) is 0.256. The highest BCUT2D eigenvalue weighted by molar-refractivity contribution is 9.10. The predicted octanol–water partition coefficient (Wildman–Crippen LogP) is 3.93. The fraction of sp³-hybridized carbons (Fsp3) is 0.429. The highest BCUT2D eigenvalue weighted by Crippen LogP contribution is 2.38. The number of anilines is 1. The molecule has 0 bridgehead atoms. The summed E-state index contributed by atoms with van der Waals surface area (Å²) >= 11 is 9.05. The number of benzene rings is 1. The van der Waals surface area contributed by atoms with Gasteiger partial charge in [-0.05, 0) is 46.8 Å². The molecule has 1 saturated carbocycles. The van der Waals surface area contributed by atoms with Crippen LogP contribution >= 0.6 is 27.5 Å². The van der Waals surface area contributed by atoms with Crippen LogP contribution in [-0.2, 0) is 9.59 Å². The Labute approximate surface area is 134 Å². The molecule has 1 aromatic rings. The zero-order valence-electron chi connectivity index (χ0n) is 11.2. The van der Waals surface area contributed by atoms with Gasteiger partial charge >= 0.3 is 5.97 Å². The Balaban J connectivity index is 2.20. The molecule has 0 radical (unpaired) electrons. The van der Waals surface area contributed by atoms with Crippen LogP contribution in [0.2, 0.25) is 5.02 Å². The second-order valence-corrected chi connectivity index (χ2v) is 6.62. The number of carbonyl (C=O) groups is 2. The number of halogens is 3. The van der Waals surface area contributed by atoms with E-state index in [2.05, 4.69) is 21.2 Å². The molecule has 4 nitrogen and oxygen atoms in total. The van der Waals surface area contributed by atoms with E-state index in [0.29, 0.717) is 17.3 Å². The van der Waals surface area contributed by atoms with E-state index in [9.17, 15) is 19.1 Å². The molecule has 114 valence electrons. The van der Waals surface area contributed by atoms with Gasteiger partial charge in [-0.1, -0.05) is 18.5 Å². The molecular formula is C14H14BrClFNO3. The smallest absolute Gasteiger partial charge is 0.307 e. The average Bonchev–Trinajstić information content (AvgIpc) is 2.76. The van der Waals surface area contributed by atoms with Gasteiger partial charge in [-0.3, -0.25) is 9.59 Å². The molecule has 1 aliphatic carbocycles. The maximum atomic E-state index is 13.2. The zero-order chi connectivity index (χ0) is 15.7. The Morgan fingerprint density at radius 1 is 1.38 bits per heavy atom. The highest BCUT2D eigenvalue weighted by atomic mass is 79.9. The van der Waals surface area contributed by atoms with Gasteiger partial charge in [-0.2, -0.15) is 0 Å². The molecule has 1 aromatic carbocycles. The third kappa shape index (κ3) is 3.55. The zero-order valence-corrected chi connectivity index (χ0v) is 13.5. The highest BCUT2D eigenvalue weighted by Gasteiger charge is 2.41. The molecule has 0 aliphatic heterocycles. The first kappa shape index (κ1) is 16.2. The van der Waals surface area contributed by atoms with Gasteiger partial charge in [0, 0.05) is 4.47 Å². The molecule has 1 amide bonds. The fourth-order valence-electron chi connectivity index (χ4n) is 2.73. The molecule has 3 atom stereocenters. The topological polar surface area (TPSA) is 66.4 Å². The second-order valence-electron chi connectivity index (χ2n) is 5.36. The van der Waals surface area contributed by atoms with Crippen LogP contribution < -0.4 is 5.32 Å². The monoisotopic (exact) mass is 377 g/mol. The number of rotatable bonds is 3. The van der Waals surface area contributed by atoms with Crippen LogP contribution in [0.15, 0.2) is 16.6 Å². The van der Waals surface area contributed by atoms with Gasteiger partial charge in [0.25, 0.3) is 0 Å². The van der Waals surface area contributed by atoms with E-state index in [-0.39, 0.29) is 16.6 Å². The van der Waals surface area contributed by atoms with Crippen LogP contribution in [0.3, 0.4) is 0 Å². The molecule has 2 N–H and O–H groups in total. The van der Waals surface area contributed by atoms with Crippen molar-refractivity contribution in [1.82, 2.24) is 0 Å². The summed E-state index contributed by atoms with van der Waals surface area (Å²) in [5.74, 6) is -3.02. The van der Waals surface area contributed by atoms with Gasteiger partial charge in [0.05, 0.1) is 22.5 Å². The molecule has 0 spiro atoms. The quantitative estimate of drug-likeness (QED) is 0.837. The van der Waals surface area contributed by atoms with Crippen molar-refractivity contribution >= 4 is 45.1 Å². The Morgan fingerprint density at radius 3 is 2.57 bits per heavy atom. The van der Waals surface area contributed by atoms with Crippen molar-refractivity contribution in [2.45, 2.75) is 19.8 Å². The molecule has 0 heterocycles. The van der Waals surface area contributed by atoms with E-state index in [4.69, 9.17) is 11.6 Å². The van der Waals surface area contributed by atoms with E-state index >= 15 is 0 Å². The third-order valence-corrected chi connectivity index (χ3v) is 4.63. The van der Waals surface area contributed by atoms with E-state index in [0.717, 1.165) is 6.07 Å². The number of aliphatic carboxylic acids is 1. The fourth-order valence-corrected chi connectivity index (χ4v) is 3.63. The summed E-state index contributed by atoms with van der Waals surface area (Å²) in [6, 6.07) is 2.28. The van der Waals surface area contributed by atoms with Gasteiger partial charge < -0.3 is 10.4 Å². The molecule has 2 rings (SSSR count). The SMILES string of the molecule is CC1CC(C(=O)O)C(C(=O)Nc2c(Cl)cc(F)cc2Br)C1. The van der Waals surface area contributed by atoms with Crippen molar-refractivity contribution in [2.75, 3.05) is 5.32 Å². The first-order valence-electron chi connectivity index (χ1n) is 6.47. The van der Waals surface area contributed by atoms with Crippen molar-refractivity contribution in [3.63, 3.8) is 0 Å². The average molecular weight is 379 g/mol. The molecule has 7 heteroatoms. The van der Waals surface area contributed by atoms with Crippen LogP contribution in [0.4, 0.5) is 10.1 Å². The van der Waals surface area contributed by atoms with Crippen LogP contribution in [0, 0.1) is 23.6 Å². The second kappa shape index (κ2) is 6.32. The van der Waals surface area contributed by atoms with E-state index in [1.165, 1.54) is 6.07 Å². The third-order valence-electron chi connectivity index (χ3n) is 3.71. The number of carboxylic acid groups (broad SMARTS) is 1. The van der Waals surface area contributed by atoms with Crippen LogP contribution in [0.5, 0.6) is 0 Å². The van der Waals surface area contributed by atoms with Crippen molar-refractivity contribution in [3.05, 3.63) is 27.4 Å². The lowest BCUT2D eigenvalue weighted by Gasteiger charge is -2.17. The summed E-state index contributed by atoms with van der Waals surface area (Å²) in [5, 5.41) is 11.9. The summed E-state index contributed by atoms with van der Waals surface area (Å²) in [4.78, 5) is 23.5. The van der Waals surface area contributed by atoms with Crippen molar-refractivity contribution < 1.29 is 19.1 Å². The molecule has 1 fully saturated rings. The summed E-state index contributed by atoms with van der Waals surface area (Å²) < 4.78 is 13.5. The number of carbonyl (C=O) groups excluding carboxylic acids is 1. The Kier molecular flexibility index (Phi) is 4.88. The van der Waals surface area contributed by atoms with Gasteiger partial charge in [-0.25, -0.2) is 4.39 Å². The number of amides is 1. The predicted molar refractivity (Wildman–Crippen MR) is 80.8 cm³/mol. The van der Waals surface area contributed by atoms with Gasteiger partial charge in [-0.15, -0.1) is 0 Å². The number of carboxylic acids is 1. The van der Waals surface area contributed by atoms with E-state index in [1.54, 1.807) is 0 Å². The first-order valence-corrected chi connectivity index (χ1v) is 7.65. The number of hydrogen-bond acceptors (Lipinski definition) is 2. The molecule has 0 saturated heterocycles. The Bertz CT molecular complexity index is 573. The number of hydrogen-bond donors (Lipinski definition) is 2. The summed E-state index contributed by atoms with van der Waals surface area (Å²) in [7, 11) is 0. The molecule has 1 aliphatic rings. The molecular weight excluding hydrogens is 365 g/mol. The van der Waals surface area contributed by atoms with Crippen LogP contribution in [-0.4, -0.2) is 17.0 Å². The lowest BCUT2D eigenvalue weighted by Crippen LogP contribution is -2.30. The van der Waals surface area contributed by atoms with Gasteiger partial charge in [0.1, 0.15) is 5.82 Å². The van der Waals surface area contributed by atoms with Gasteiger partial charge in [0.2, 0.25) is 5.91 Å².